The lowest BCUT2D eigenvalue weighted by atomic mass is 10.0. The number of nitrogens with one attached hydrogen (secondary N) is 3. The first-order chi connectivity index (χ1) is 23.7. The Morgan fingerprint density at radius 2 is 1.53 bits per heavy atom. The number of carbonyl (C=O) groups is 3. The normalized spacial score (nSPS) is 11.6. The molecule has 3 aromatic rings. The van der Waals surface area contributed by atoms with Crippen molar-refractivity contribution >= 4 is 34.2 Å². The molecule has 0 aliphatic heterocycles. The largest absolute Gasteiger partial charge is 0.485 e. The first-order valence-corrected chi connectivity index (χ1v) is 17.5. The van der Waals surface area contributed by atoms with E-state index in [1.807, 2.05) is 30.3 Å². The number of hydroxylamine groups is 2. The van der Waals surface area contributed by atoms with Crippen molar-refractivity contribution in [2.75, 3.05) is 13.2 Å². The summed E-state index contributed by atoms with van der Waals surface area (Å²) in [4.78, 5) is 43.7. The number of hydrogen-bond acceptors (Lipinski definition) is 11. The van der Waals surface area contributed by atoms with Crippen LogP contribution < -0.4 is 19.6 Å². The fraction of sp³-hybridized carbons (Fsp3) is 0.389. The maximum absolute atomic E-state index is 13.3. The maximum Gasteiger partial charge on any atom is 0.442 e. The molecule has 15 heteroatoms. The van der Waals surface area contributed by atoms with Crippen LogP contribution in [0.15, 0.2) is 71.6 Å². The zero-order valence-corrected chi connectivity index (χ0v) is 30.9. The molecule has 3 amide bonds. The molecule has 0 heterocycles. The topological polar surface area (TPSA) is 183 Å². The minimum Gasteiger partial charge on any atom is -0.485 e. The van der Waals surface area contributed by atoms with Crippen LogP contribution in [0.5, 0.6) is 11.5 Å². The monoisotopic (exact) mass is 726 g/mol. The second-order valence-corrected chi connectivity index (χ2v) is 15.0. The van der Waals surface area contributed by atoms with E-state index in [0.29, 0.717) is 16.2 Å². The first-order valence-electron chi connectivity index (χ1n) is 16.1. The number of nitrogens with zero attached hydrogens (tertiary/aromatic N) is 1. The lowest BCUT2D eigenvalue weighted by Crippen LogP contribution is -2.50. The summed E-state index contributed by atoms with van der Waals surface area (Å²) in [7, 11) is -4.26. The van der Waals surface area contributed by atoms with E-state index >= 15 is 0 Å². The highest BCUT2D eigenvalue weighted by Crippen LogP contribution is 2.37. The van der Waals surface area contributed by atoms with Crippen molar-refractivity contribution in [2.45, 2.75) is 84.5 Å². The Morgan fingerprint density at radius 1 is 0.863 bits per heavy atom. The van der Waals surface area contributed by atoms with Crippen molar-refractivity contribution in [3.63, 3.8) is 0 Å². The molecular weight excluding hydrogens is 680 g/mol. The lowest BCUT2D eigenvalue weighted by molar-refractivity contribution is -0.122. The summed E-state index contributed by atoms with van der Waals surface area (Å²) in [6.45, 7) is 12.9. The van der Waals surface area contributed by atoms with Gasteiger partial charge < -0.3 is 23.7 Å². The number of amides is 3. The van der Waals surface area contributed by atoms with Gasteiger partial charge in [-0.15, -0.1) is 5.06 Å². The molecule has 0 spiro atoms. The van der Waals surface area contributed by atoms with Crippen molar-refractivity contribution < 1.29 is 46.0 Å². The van der Waals surface area contributed by atoms with Gasteiger partial charge >= 0.3 is 22.3 Å². The van der Waals surface area contributed by atoms with Crippen LogP contribution in [0.3, 0.4) is 0 Å². The van der Waals surface area contributed by atoms with Gasteiger partial charge in [-0.1, -0.05) is 48.5 Å². The predicted molar refractivity (Wildman–Crippen MR) is 189 cm³/mol. The quantitative estimate of drug-likeness (QED) is 0.0664. The average Bonchev–Trinajstić information content (AvgIpc) is 3.00. The minimum atomic E-state index is -4.26. The molecule has 0 fully saturated rings. The van der Waals surface area contributed by atoms with Gasteiger partial charge in [-0.05, 0) is 90.3 Å². The van der Waals surface area contributed by atoms with Crippen LogP contribution >= 0.6 is 0 Å². The minimum absolute atomic E-state index is 0.0359. The van der Waals surface area contributed by atoms with Crippen LogP contribution in [-0.4, -0.2) is 61.9 Å². The third kappa shape index (κ3) is 13.2. The SMILES string of the molecule is Cc1cccc(S(=O)(=O)Oc2ccc(C)c(CC(=O)NCCON(C(=N)NC(=O)OC(C)(C)C)C(=O)OC(C)(C)C)c2OCc2ccccc2)c1. The van der Waals surface area contributed by atoms with Crippen LogP contribution in [0.4, 0.5) is 9.59 Å². The smallest absolute Gasteiger partial charge is 0.442 e. The van der Waals surface area contributed by atoms with E-state index in [9.17, 15) is 22.8 Å². The van der Waals surface area contributed by atoms with Crippen molar-refractivity contribution in [3.05, 3.63) is 89.0 Å². The molecule has 14 nitrogen and oxygen atoms in total. The summed E-state index contributed by atoms with van der Waals surface area (Å²) in [5, 5.41) is 13.5. The highest BCUT2D eigenvalue weighted by Gasteiger charge is 2.29. The Balaban J connectivity index is 1.77. The van der Waals surface area contributed by atoms with Crippen molar-refractivity contribution in [1.29, 1.82) is 5.41 Å². The second-order valence-electron chi connectivity index (χ2n) is 13.4. The van der Waals surface area contributed by atoms with Gasteiger partial charge in [0.25, 0.3) is 0 Å². The molecule has 0 saturated heterocycles. The summed E-state index contributed by atoms with van der Waals surface area (Å²) < 4.78 is 48.7. The maximum atomic E-state index is 13.3. The third-order valence-corrected chi connectivity index (χ3v) is 7.76. The molecule has 0 unspecified atom stereocenters. The Labute approximate surface area is 299 Å². The number of rotatable bonds is 12. The van der Waals surface area contributed by atoms with Crippen LogP contribution in [0.2, 0.25) is 0 Å². The highest BCUT2D eigenvalue weighted by molar-refractivity contribution is 7.87. The summed E-state index contributed by atoms with van der Waals surface area (Å²) in [5.41, 5.74) is 0.756. The van der Waals surface area contributed by atoms with E-state index < -0.39 is 45.4 Å². The Bertz CT molecular complexity index is 1820. The number of aryl methyl sites for hydroxylation is 2. The molecule has 51 heavy (non-hydrogen) atoms. The van der Waals surface area contributed by atoms with Crippen molar-refractivity contribution in [3.8, 4) is 11.5 Å². The molecule has 0 aromatic heterocycles. The molecule has 0 radical (unpaired) electrons. The standard InChI is InChI=1S/C36H46N4O10S/c1-24-13-12-16-27(21-24)51(44,45)50-29-18-17-25(2)28(31(29)46-23-26-14-10-9-11-15-26)22-30(41)38-19-20-47-40(34(43)49-36(6,7)8)32(37)39-33(42)48-35(3,4)5/h9-18,21H,19-20,22-23H2,1-8H3,(H,38,41)(H2,37,39,42). The van der Waals surface area contributed by atoms with Gasteiger partial charge in [0.15, 0.2) is 11.5 Å². The number of carbonyl (C=O) groups excluding carboxylic acids is 3. The fourth-order valence-corrected chi connectivity index (χ4v) is 5.37. The van der Waals surface area contributed by atoms with Crippen LogP contribution in [0.1, 0.15) is 63.8 Å². The van der Waals surface area contributed by atoms with Gasteiger partial charge in [0.05, 0.1) is 13.0 Å². The summed E-state index contributed by atoms with van der Waals surface area (Å²) in [6, 6.07) is 18.6. The molecule has 0 bridgehead atoms. The van der Waals surface area contributed by atoms with Gasteiger partial charge in [-0.25, -0.2) is 9.59 Å². The van der Waals surface area contributed by atoms with Crippen LogP contribution in [0, 0.1) is 19.3 Å². The molecule has 0 saturated carbocycles. The molecular formula is C36H46N4O10S. The molecule has 0 aliphatic rings. The lowest BCUT2D eigenvalue weighted by Gasteiger charge is -2.27. The molecule has 3 rings (SSSR count). The van der Waals surface area contributed by atoms with Crippen LogP contribution in [0.25, 0.3) is 0 Å². The predicted octanol–water partition coefficient (Wildman–Crippen LogP) is 5.94. The van der Waals surface area contributed by atoms with Gasteiger partial charge in [0.1, 0.15) is 22.7 Å². The fourth-order valence-electron chi connectivity index (χ4n) is 4.33. The van der Waals surface area contributed by atoms with E-state index in [1.54, 1.807) is 73.6 Å². The number of alkyl carbamates (subject to hydrolysis) is 1. The zero-order valence-electron chi connectivity index (χ0n) is 30.1. The average molecular weight is 727 g/mol. The van der Waals surface area contributed by atoms with Gasteiger partial charge in [-0.3, -0.25) is 20.4 Å². The highest BCUT2D eigenvalue weighted by atomic mass is 32.2. The number of ether oxygens (including phenoxy) is 3. The van der Waals surface area contributed by atoms with Crippen molar-refractivity contribution in [2.24, 2.45) is 0 Å². The molecule has 0 atom stereocenters. The third-order valence-electron chi connectivity index (χ3n) is 6.53. The van der Waals surface area contributed by atoms with E-state index in [4.69, 9.17) is 28.6 Å². The second kappa shape index (κ2) is 17.2. The van der Waals surface area contributed by atoms with E-state index in [-0.39, 0.29) is 42.6 Å². The van der Waals surface area contributed by atoms with Gasteiger partial charge in [-0.2, -0.15) is 8.42 Å². The Morgan fingerprint density at radius 3 is 2.16 bits per heavy atom. The molecule has 0 aliphatic carbocycles. The summed E-state index contributed by atoms with van der Waals surface area (Å²) in [5.74, 6) is -1.26. The molecule has 3 N–H and O–H groups in total. The number of benzene rings is 3. The van der Waals surface area contributed by atoms with E-state index in [1.165, 1.54) is 18.2 Å². The van der Waals surface area contributed by atoms with Gasteiger partial charge in [0, 0.05) is 12.1 Å². The van der Waals surface area contributed by atoms with Crippen molar-refractivity contribution in [1.82, 2.24) is 15.7 Å². The Kier molecular flexibility index (Phi) is 13.6. The van der Waals surface area contributed by atoms with E-state index in [2.05, 4.69) is 10.6 Å². The van der Waals surface area contributed by atoms with Gasteiger partial charge in [0.2, 0.25) is 11.9 Å². The number of guanidine groups is 1. The molecule has 3 aromatic carbocycles. The van der Waals surface area contributed by atoms with Crippen LogP contribution in [-0.2, 0) is 42.3 Å². The van der Waals surface area contributed by atoms with E-state index in [0.717, 1.165) is 11.1 Å². The summed E-state index contributed by atoms with van der Waals surface area (Å²) in [6.07, 6.45) is -2.30. The summed E-state index contributed by atoms with van der Waals surface area (Å²) >= 11 is 0. The first kappa shape index (κ1) is 40.3. The zero-order chi connectivity index (χ0) is 38.0. The molecule has 276 valence electrons. The number of hydrogen-bond donors (Lipinski definition) is 3. The Hall–Kier alpha value is -5.15.